The zero-order valence-corrected chi connectivity index (χ0v) is 7.51. The maximum Gasteiger partial charge on any atom is 0.150 e. The van der Waals surface area contributed by atoms with Gasteiger partial charge in [-0.2, -0.15) is 0 Å². The predicted molar refractivity (Wildman–Crippen MR) is 44.5 cm³/mol. The molecule has 0 fully saturated rings. The van der Waals surface area contributed by atoms with Crippen LogP contribution in [0.2, 0.25) is 5.02 Å². The van der Waals surface area contributed by atoms with E-state index in [1.165, 1.54) is 0 Å². The summed E-state index contributed by atoms with van der Waals surface area (Å²) in [6.45, 7) is 5.54. The van der Waals surface area contributed by atoms with Gasteiger partial charge in [0.15, 0.2) is 0 Å². The van der Waals surface area contributed by atoms with Gasteiger partial charge in [0.25, 0.3) is 0 Å². The van der Waals surface area contributed by atoms with Gasteiger partial charge in [0.2, 0.25) is 0 Å². The molecule has 11 heavy (non-hydrogen) atoms. The lowest BCUT2D eigenvalue weighted by molar-refractivity contribution is 0.622. The van der Waals surface area contributed by atoms with Crippen LogP contribution in [-0.4, -0.2) is 0 Å². The van der Waals surface area contributed by atoms with E-state index >= 15 is 0 Å². The molecule has 1 aromatic carbocycles. The fraction of sp³-hybridized carbons (Fsp3) is 0.333. The van der Waals surface area contributed by atoms with Crippen molar-refractivity contribution in [2.24, 2.45) is 0 Å². The first kappa shape index (κ1) is 8.54. The highest BCUT2D eigenvalue weighted by Crippen LogP contribution is 2.24. The standard InChI is InChI=1S/C9H9ClF/c1-5-4-8(11)9(10)7(3)6(5)2/h1-3H3. The Kier molecular flexibility index (Phi) is 2.19. The first-order valence-corrected chi connectivity index (χ1v) is 3.76. The molecule has 59 valence electrons. The van der Waals surface area contributed by atoms with E-state index in [9.17, 15) is 4.39 Å². The molecule has 0 N–H and O–H groups in total. The van der Waals surface area contributed by atoms with Crippen LogP contribution in [-0.2, 0) is 0 Å². The molecule has 0 aromatic heterocycles. The molecular weight excluding hydrogens is 163 g/mol. The van der Waals surface area contributed by atoms with Gasteiger partial charge in [-0.15, -0.1) is 0 Å². The Labute approximate surface area is 71.0 Å². The molecule has 1 aromatic rings. The number of halogens is 2. The van der Waals surface area contributed by atoms with Gasteiger partial charge in [-0.3, -0.25) is 0 Å². The lowest BCUT2D eigenvalue weighted by Crippen LogP contribution is -1.91. The number of aryl methyl sites for hydroxylation is 1. The molecule has 0 unspecified atom stereocenters. The minimum absolute atomic E-state index is 0.188. The first-order valence-electron chi connectivity index (χ1n) is 3.38. The summed E-state index contributed by atoms with van der Waals surface area (Å²) in [6, 6.07) is 2.55. The van der Waals surface area contributed by atoms with E-state index in [1.807, 2.05) is 20.8 Å². The third-order valence-electron chi connectivity index (χ3n) is 1.94. The normalized spacial score (nSPS) is 10.3. The Morgan fingerprint density at radius 3 is 2.27 bits per heavy atom. The summed E-state index contributed by atoms with van der Waals surface area (Å²) in [5.41, 5.74) is 2.64. The van der Waals surface area contributed by atoms with Crippen molar-refractivity contribution in [2.45, 2.75) is 20.8 Å². The molecule has 0 spiro atoms. The van der Waals surface area contributed by atoms with E-state index in [1.54, 1.807) is 0 Å². The minimum atomic E-state index is -0.452. The lowest BCUT2D eigenvalue weighted by Gasteiger charge is -2.06. The van der Waals surface area contributed by atoms with Crippen molar-refractivity contribution in [1.82, 2.24) is 0 Å². The molecule has 0 saturated heterocycles. The highest BCUT2D eigenvalue weighted by molar-refractivity contribution is 6.31. The molecule has 0 saturated carbocycles. The smallest absolute Gasteiger partial charge is 0.150 e. The second-order valence-corrected chi connectivity index (χ2v) is 3.01. The monoisotopic (exact) mass is 171 g/mol. The van der Waals surface area contributed by atoms with Crippen molar-refractivity contribution in [3.05, 3.63) is 33.6 Å². The second kappa shape index (κ2) is 2.82. The van der Waals surface area contributed by atoms with E-state index in [4.69, 9.17) is 11.6 Å². The molecule has 1 radical (unpaired) electrons. The summed E-state index contributed by atoms with van der Waals surface area (Å²) in [6.07, 6.45) is 0. The highest BCUT2D eigenvalue weighted by Gasteiger charge is 2.07. The van der Waals surface area contributed by atoms with Gasteiger partial charge in [0.1, 0.15) is 5.82 Å². The van der Waals surface area contributed by atoms with Crippen molar-refractivity contribution in [1.29, 1.82) is 0 Å². The summed E-state index contributed by atoms with van der Waals surface area (Å²) in [4.78, 5) is 0. The molecule has 0 amide bonds. The maximum absolute atomic E-state index is 12.8. The molecule has 0 aliphatic carbocycles. The van der Waals surface area contributed by atoms with E-state index < -0.39 is 5.82 Å². The number of hydrogen-bond donors (Lipinski definition) is 0. The van der Waals surface area contributed by atoms with Crippen LogP contribution in [0.3, 0.4) is 0 Å². The maximum atomic E-state index is 12.8. The van der Waals surface area contributed by atoms with E-state index in [2.05, 4.69) is 6.07 Å². The average Bonchev–Trinajstić information content (AvgIpc) is 1.97. The summed E-state index contributed by atoms with van der Waals surface area (Å²) >= 11 is 5.65. The fourth-order valence-corrected chi connectivity index (χ4v) is 1.11. The largest absolute Gasteiger partial charge is 0.205 e. The van der Waals surface area contributed by atoms with Gasteiger partial charge in [0.05, 0.1) is 5.02 Å². The van der Waals surface area contributed by atoms with E-state index in [0.717, 1.165) is 16.7 Å². The lowest BCUT2D eigenvalue weighted by atomic mass is 10.0. The van der Waals surface area contributed by atoms with Crippen molar-refractivity contribution in [3.8, 4) is 0 Å². The van der Waals surface area contributed by atoms with Crippen molar-refractivity contribution in [2.75, 3.05) is 0 Å². The fourth-order valence-electron chi connectivity index (χ4n) is 0.924. The zero-order chi connectivity index (χ0) is 8.59. The van der Waals surface area contributed by atoms with Gasteiger partial charge in [-0.05, 0) is 37.5 Å². The topological polar surface area (TPSA) is 0 Å². The summed E-state index contributed by atoms with van der Waals surface area (Å²) in [7, 11) is 0. The van der Waals surface area contributed by atoms with Crippen LogP contribution >= 0.6 is 11.6 Å². The van der Waals surface area contributed by atoms with Gasteiger partial charge >= 0.3 is 0 Å². The number of rotatable bonds is 0. The van der Waals surface area contributed by atoms with Crippen LogP contribution in [0, 0.1) is 32.7 Å². The van der Waals surface area contributed by atoms with Crippen LogP contribution in [0.25, 0.3) is 0 Å². The quantitative estimate of drug-likeness (QED) is 0.563. The van der Waals surface area contributed by atoms with E-state index in [0.29, 0.717) is 0 Å². The molecule has 0 atom stereocenters. The van der Waals surface area contributed by atoms with Crippen molar-refractivity contribution >= 4 is 11.6 Å². The Hall–Kier alpha value is -0.560. The first-order chi connectivity index (χ1) is 5.04. The third-order valence-corrected chi connectivity index (χ3v) is 2.39. The highest BCUT2D eigenvalue weighted by atomic mass is 35.5. The SMILES string of the molecule is Cc1[c]c(F)c(Cl)c(C)c1C. The summed E-state index contributed by atoms with van der Waals surface area (Å²) < 4.78 is 12.8. The molecule has 0 aliphatic rings. The Morgan fingerprint density at radius 2 is 1.73 bits per heavy atom. The molecule has 1 rings (SSSR count). The van der Waals surface area contributed by atoms with Crippen molar-refractivity contribution in [3.63, 3.8) is 0 Å². The molecule has 0 nitrogen and oxygen atoms in total. The number of benzene rings is 1. The van der Waals surface area contributed by atoms with Gasteiger partial charge in [-0.25, -0.2) is 4.39 Å². The third kappa shape index (κ3) is 1.38. The molecule has 2 heteroatoms. The van der Waals surface area contributed by atoms with Crippen LogP contribution in [0.5, 0.6) is 0 Å². The summed E-state index contributed by atoms with van der Waals surface area (Å²) in [5, 5.41) is 0.188. The second-order valence-electron chi connectivity index (χ2n) is 2.63. The Bertz CT molecular complexity index is 266. The van der Waals surface area contributed by atoms with Crippen LogP contribution in [0.4, 0.5) is 4.39 Å². The van der Waals surface area contributed by atoms with Gasteiger partial charge < -0.3 is 0 Å². The molecule has 0 bridgehead atoms. The van der Waals surface area contributed by atoms with Crippen LogP contribution in [0.1, 0.15) is 16.7 Å². The Morgan fingerprint density at radius 1 is 1.18 bits per heavy atom. The molecular formula is C9H9ClF. The van der Waals surface area contributed by atoms with Crippen LogP contribution < -0.4 is 0 Å². The van der Waals surface area contributed by atoms with Crippen LogP contribution in [0.15, 0.2) is 0 Å². The van der Waals surface area contributed by atoms with E-state index in [-0.39, 0.29) is 5.02 Å². The van der Waals surface area contributed by atoms with Gasteiger partial charge in [-0.1, -0.05) is 11.6 Å². The average molecular weight is 172 g/mol. The summed E-state index contributed by atoms with van der Waals surface area (Å²) in [5.74, 6) is -0.452. The molecule has 0 heterocycles. The minimum Gasteiger partial charge on any atom is -0.205 e. The zero-order valence-electron chi connectivity index (χ0n) is 6.76. The predicted octanol–water partition coefficient (Wildman–Crippen LogP) is 3.20. The Balaban J connectivity index is 3.46. The van der Waals surface area contributed by atoms with Crippen molar-refractivity contribution < 1.29 is 4.39 Å². The van der Waals surface area contributed by atoms with Gasteiger partial charge in [0, 0.05) is 6.07 Å². The molecule has 0 aliphatic heterocycles. The number of hydrogen-bond acceptors (Lipinski definition) is 0.